The summed E-state index contributed by atoms with van der Waals surface area (Å²) >= 11 is 0. The van der Waals surface area contributed by atoms with E-state index in [1.165, 1.54) is 70.9 Å². The van der Waals surface area contributed by atoms with Gasteiger partial charge in [0.25, 0.3) is 0 Å². The maximum absolute atomic E-state index is 5.42. The van der Waals surface area contributed by atoms with Gasteiger partial charge in [-0.25, -0.2) is 9.97 Å². The smallest absolute Gasteiger partial charge is 0.160 e. The first-order chi connectivity index (χ1) is 27.0. The fraction of sp³-hybridized carbons (Fsp3) is 0.0566. The minimum Gasteiger partial charge on any atom is -0.228 e. The monoisotopic (exact) mass is 700 g/mol. The third kappa shape index (κ3) is 4.95. The van der Waals surface area contributed by atoms with Gasteiger partial charge < -0.3 is 0 Å². The van der Waals surface area contributed by atoms with Crippen LogP contribution in [0.25, 0.3) is 99.2 Å². The van der Waals surface area contributed by atoms with Gasteiger partial charge in [-0.15, -0.1) is 0 Å². The minimum atomic E-state index is -0.261. The van der Waals surface area contributed by atoms with Crippen molar-refractivity contribution in [3.05, 3.63) is 193 Å². The maximum Gasteiger partial charge on any atom is 0.160 e. The first-order valence-corrected chi connectivity index (χ1v) is 19.1. The summed E-state index contributed by atoms with van der Waals surface area (Å²) in [5.74, 6) is 0.737. The van der Waals surface area contributed by atoms with Crippen molar-refractivity contribution in [3.8, 4) is 56.2 Å². The number of benzene rings is 9. The molecule has 1 aromatic heterocycles. The summed E-state index contributed by atoms with van der Waals surface area (Å²) in [6, 6.07) is 66.0. The number of fused-ring (bicyclic) bond motifs is 10. The Hall–Kier alpha value is -6.90. The third-order valence-electron chi connectivity index (χ3n) is 11.8. The van der Waals surface area contributed by atoms with Crippen molar-refractivity contribution in [2.24, 2.45) is 0 Å². The third-order valence-corrected chi connectivity index (χ3v) is 11.8. The summed E-state index contributed by atoms with van der Waals surface area (Å²) in [6.07, 6.45) is 0. The molecule has 0 saturated heterocycles. The van der Waals surface area contributed by atoms with Crippen LogP contribution in [0.15, 0.2) is 182 Å². The number of nitrogens with zero attached hydrogens (tertiary/aromatic N) is 2. The van der Waals surface area contributed by atoms with Crippen LogP contribution in [0, 0.1) is 0 Å². The minimum absolute atomic E-state index is 0.261. The van der Waals surface area contributed by atoms with Crippen molar-refractivity contribution in [3.63, 3.8) is 0 Å². The molecule has 0 aliphatic heterocycles. The van der Waals surface area contributed by atoms with Crippen molar-refractivity contribution in [2.75, 3.05) is 0 Å². The quantitative estimate of drug-likeness (QED) is 0.171. The summed E-state index contributed by atoms with van der Waals surface area (Å²) in [5, 5.41) is 10.2. The summed E-state index contributed by atoms with van der Waals surface area (Å²) < 4.78 is 0. The van der Waals surface area contributed by atoms with E-state index < -0.39 is 0 Å². The van der Waals surface area contributed by atoms with Gasteiger partial charge in [0.2, 0.25) is 0 Å². The lowest BCUT2D eigenvalue weighted by Crippen LogP contribution is -2.17. The molecule has 0 bridgehead atoms. The summed E-state index contributed by atoms with van der Waals surface area (Å²) in [7, 11) is 0. The van der Waals surface area contributed by atoms with E-state index in [2.05, 4.69) is 196 Å². The highest BCUT2D eigenvalue weighted by atomic mass is 14.9. The number of aromatic nitrogens is 2. The molecule has 2 heteroatoms. The zero-order valence-electron chi connectivity index (χ0n) is 30.7. The Morgan fingerprint density at radius 3 is 1.47 bits per heavy atom. The number of rotatable bonds is 4. The Kier molecular flexibility index (Phi) is 6.93. The van der Waals surface area contributed by atoms with E-state index in [-0.39, 0.29) is 5.41 Å². The van der Waals surface area contributed by atoms with Gasteiger partial charge in [-0.1, -0.05) is 166 Å². The van der Waals surface area contributed by atoms with Crippen LogP contribution in [0.5, 0.6) is 0 Å². The molecule has 0 spiro atoms. The van der Waals surface area contributed by atoms with Crippen LogP contribution in [-0.2, 0) is 5.41 Å². The molecule has 10 aromatic rings. The molecular formula is C53H36N2. The SMILES string of the molecule is CC1(C)c2cc3ccccc3cc2-c2nc(-c3cccc(-c4cccc(-c5ccc6c7ccccc7c7ccccc7c6c5)c4)c3)nc(-c3ccccc3)c21. The van der Waals surface area contributed by atoms with Crippen LogP contribution >= 0.6 is 0 Å². The van der Waals surface area contributed by atoms with Gasteiger partial charge >= 0.3 is 0 Å². The highest BCUT2D eigenvalue weighted by Crippen LogP contribution is 2.52. The second-order valence-corrected chi connectivity index (χ2v) is 15.4. The van der Waals surface area contributed by atoms with E-state index >= 15 is 0 Å². The first-order valence-electron chi connectivity index (χ1n) is 19.1. The average Bonchev–Trinajstić information content (AvgIpc) is 3.47. The molecule has 258 valence electrons. The van der Waals surface area contributed by atoms with Crippen molar-refractivity contribution >= 4 is 43.1 Å². The van der Waals surface area contributed by atoms with Crippen LogP contribution < -0.4 is 0 Å². The molecule has 0 unspecified atom stereocenters. The zero-order valence-corrected chi connectivity index (χ0v) is 30.7. The molecule has 0 amide bonds. The zero-order chi connectivity index (χ0) is 36.7. The lowest BCUT2D eigenvalue weighted by atomic mass is 9.80. The molecule has 0 fully saturated rings. The van der Waals surface area contributed by atoms with E-state index in [4.69, 9.17) is 9.97 Å². The Morgan fingerprint density at radius 2 is 0.818 bits per heavy atom. The van der Waals surface area contributed by atoms with Crippen molar-refractivity contribution in [1.29, 1.82) is 0 Å². The van der Waals surface area contributed by atoms with Crippen LogP contribution in [0.4, 0.5) is 0 Å². The van der Waals surface area contributed by atoms with Crippen LogP contribution in [-0.4, -0.2) is 9.97 Å². The van der Waals surface area contributed by atoms with E-state index in [9.17, 15) is 0 Å². The average molecular weight is 701 g/mol. The van der Waals surface area contributed by atoms with E-state index in [0.29, 0.717) is 0 Å². The summed E-state index contributed by atoms with van der Waals surface area (Å²) in [4.78, 5) is 10.8. The van der Waals surface area contributed by atoms with Crippen LogP contribution in [0.2, 0.25) is 0 Å². The fourth-order valence-electron chi connectivity index (χ4n) is 9.07. The molecule has 1 aliphatic rings. The Morgan fingerprint density at radius 1 is 0.345 bits per heavy atom. The van der Waals surface area contributed by atoms with Gasteiger partial charge in [-0.05, 0) is 101 Å². The van der Waals surface area contributed by atoms with Crippen molar-refractivity contribution in [1.82, 2.24) is 9.97 Å². The molecule has 2 nitrogen and oxygen atoms in total. The molecule has 0 saturated carbocycles. The predicted octanol–water partition coefficient (Wildman–Crippen LogP) is 14.1. The Bertz CT molecular complexity index is 3140. The van der Waals surface area contributed by atoms with Crippen molar-refractivity contribution < 1.29 is 0 Å². The van der Waals surface area contributed by atoms with E-state index in [1.54, 1.807) is 0 Å². The first kappa shape index (κ1) is 31.6. The molecule has 0 N–H and O–H groups in total. The highest BCUT2D eigenvalue weighted by Gasteiger charge is 2.40. The lowest BCUT2D eigenvalue weighted by molar-refractivity contribution is 0.658. The summed E-state index contributed by atoms with van der Waals surface area (Å²) in [6.45, 7) is 4.63. The number of hydrogen-bond donors (Lipinski definition) is 0. The maximum atomic E-state index is 5.42. The standard InChI is InChI=1S/C53H36N2/c1-53(2)48-32-38-17-7-6-16-37(38)31-47(48)51-49(53)50(33-14-4-3-5-15-33)54-52(55-51)40-21-13-20-36(29-40)34-18-12-19-35(28-34)39-26-27-45-43-24-9-8-22-41(43)42-23-10-11-25-44(42)46(45)30-39/h3-32H,1-2H3. The second-order valence-electron chi connectivity index (χ2n) is 15.4. The summed E-state index contributed by atoms with van der Waals surface area (Å²) in [5.41, 5.74) is 12.2. The fourth-order valence-corrected chi connectivity index (χ4v) is 9.07. The van der Waals surface area contributed by atoms with Crippen molar-refractivity contribution in [2.45, 2.75) is 19.3 Å². The lowest BCUT2D eigenvalue weighted by Gasteiger charge is -2.24. The molecule has 0 radical (unpaired) electrons. The van der Waals surface area contributed by atoms with Gasteiger partial charge in [0.1, 0.15) is 0 Å². The topological polar surface area (TPSA) is 25.8 Å². The normalized spacial score (nSPS) is 13.1. The predicted molar refractivity (Wildman–Crippen MR) is 231 cm³/mol. The second kappa shape index (κ2) is 12.1. The highest BCUT2D eigenvalue weighted by molar-refractivity contribution is 6.25. The van der Waals surface area contributed by atoms with E-state index in [0.717, 1.165) is 39.5 Å². The Labute approximate surface area is 320 Å². The van der Waals surface area contributed by atoms with Gasteiger partial charge in [0.15, 0.2) is 5.82 Å². The van der Waals surface area contributed by atoms with Gasteiger partial charge in [-0.3, -0.25) is 0 Å². The van der Waals surface area contributed by atoms with Gasteiger partial charge in [-0.2, -0.15) is 0 Å². The largest absolute Gasteiger partial charge is 0.228 e. The van der Waals surface area contributed by atoms with Gasteiger partial charge in [0.05, 0.1) is 11.4 Å². The molecule has 11 rings (SSSR count). The Balaban J connectivity index is 1.04. The van der Waals surface area contributed by atoms with Gasteiger partial charge in [0, 0.05) is 27.7 Å². The molecule has 1 heterocycles. The molecule has 1 aliphatic carbocycles. The van der Waals surface area contributed by atoms with E-state index in [1.807, 2.05) is 0 Å². The number of hydrogen-bond acceptors (Lipinski definition) is 2. The molecule has 9 aromatic carbocycles. The van der Waals surface area contributed by atoms with Crippen LogP contribution in [0.1, 0.15) is 25.0 Å². The molecular weight excluding hydrogens is 665 g/mol. The molecule has 55 heavy (non-hydrogen) atoms. The molecule has 0 atom stereocenters. The van der Waals surface area contributed by atoms with Crippen LogP contribution in [0.3, 0.4) is 0 Å².